The van der Waals surface area contributed by atoms with E-state index in [1.54, 1.807) is 25.1 Å². The molecule has 10 heteroatoms. The number of carbonyl (C=O) groups is 1. The van der Waals surface area contributed by atoms with Gasteiger partial charge in [-0.25, -0.2) is 4.98 Å². The predicted octanol–water partition coefficient (Wildman–Crippen LogP) is 2.18. The number of nitro benzene ring substituents is 1. The fourth-order valence-electron chi connectivity index (χ4n) is 2.14. The first kappa shape index (κ1) is 16.3. The second kappa shape index (κ2) is 6.91. The molecule has 0 spiro atoms. The molecule has 25 heavy (non-hydrogen) atoms. The van der Waals surface area contributed by atoms with Crippen molar-refractivity contribution >= 4 is 17.4 Å². The molecule has 3 aromatic rings. The van der Waals surface area contributed by atoms with Crippen LogP contribution in [0.4, 0.5) is 11.5 Å². The maximum atomic E-state index is 11.9. The number of non-ortho nitro benzene ring substituents is 1. The van der Waals surface area contributed by atoms with Crippen LogP contribution in [0.15, 0.2) is 41.2 Å². The first-order chi connectivity index (χ1) is 12.0. The van der Waals surface area contributed by atoms with E-state index in [4.69, 9.17) is 4.52 Å². The first-order valence-corrected chi connectivity index (χ1v) is 7.39. The average Bonchev–Trinajstić information content (AvgIpc) is 3.22. The highest BCUT2D eigenvalue weighted by Gasteiger charge is 2.11. The number of nitrogens with one attached hydrogen (secondary N) is 1. The molecule has 0 aliphatic heterocycles. The minimum absolute atomic E-state index is 0.0314. The zero-order valence-electron chi connectivity index (χ0n) is 13.2. The van der Waals surface area contributed by atoms with Crippen molar-refractivity contribution in [3.63, 3.8) is 0 Å². The van der Waals surface area contributed by atoms with Gasteiger partial charge in [0.25, 0.3) is 5.69 Å². The summed E-state index contributed by atoms with van der Waals surface area (Å²) in [6.45, 7) is 2.04. The van der Waals surface area contributed by atoms with Gasteiger partial charge in [-0.05, 0) is 6.92 Å². The van der Waals surface area contributed by atoms with Crippen molar-refractivity contribution in [3.05, 3.63) is 52.5 Å². The van der Waals surface area contributed by atoms with Gasteiger partial charge in [-0.1, -0.05) is 17.3 Å². The number of aromatic nitrogens is 4. The van der Waals surface area contributed by atoms with E-state index in [1.807, 2.05) is 0 Å². The van der Waals surface area contributed by atoms with E-state index in [0.717, 1.165) is 0 Å². The molecular weight excluding hydrogens is 328 g/mol. The highest BCUT2D eigenvalue weighted by molar-refractivity contribution is 5.89. The van der Waals surface area contributed by atoms with Crippen LogP contribution < -0.4 is 5.32 Å². The van der Waals surface area contributed by atoms with Gasteiger partial charge in [-0.15, -0.1) is 0 Å². The number of hydrogen-bond acceptors (Lipinski definition) is 7. The number of nitrogens with zero attached hydrogens (tertiary/aromatic N) is 5. The summed E-state index contributed by atoms with van der Waals surface area (Å²) < 4.78 is 6.37. The second-order valence-corrected chi connectivity index (χ2v) is 5.26. The number of aryl methyl sites for hydroxylation is 2. The Labute approximate surface area is 141 Å². The van der Waals surface area contributed by atoms with Crippen LogP contribution in [0.25, 0.3) is 11.4 Å². The Bertz CT molecular complexity index is 916. The Morgan fingerprint density at radius 3 is 2.96 bits per heavy atom. The lowest BCUT2D eigenvalue weighted by atomic mass is 10.2. The van der Waals surface area contributed by atoms with E-state index in [0.29, 0.717) is 29.5 Å². The third-order valence-corrected chi connectivity index (χ3v) is 3.32. The van der Waals surface area contributed by atoms with Gasteiger partial charge in [0.1, 0.15) is 12.1 Å². The molecule has 0 bridgehead atoms. The maximum absolute atomic E-state index is 11.9. The Morgan fingerprint density at radius 1 is 1.40 bits per heavy atom. The molecule has 1 aromatic carbocycles. The van der Waals surface area contributed by atoms with Crippen LogP contribution >= 0.6 is 0 Å². The van der Waals surface area contributed by atoms with Crippen molar-refractivity contribution in [1.29, 1.82) is 0 Å². The van der Waals surface area contributed by atoms with Crippen molar-refractivity contribution < 1.29 is 14.2 Å². The van der Waals surface area contributed by atoms with Crippen molar-refractivity contribution in [3.8, 4) is 11.4 Å². The molecule has 0 aliphatic rings. The van der Waals surface area contributed by atoms with E-state index in [-0.39, 0.29) is 18.0 Å². The minimum Gasteiger partial charge on any atom is -0.360 e. The van der Waals surface area contributed by atoms with Crippen LogP contribution in [-0.4, -0.2) is 30.8 Å². The van der Waals surface area contributed by atoms with Crippen LogP contribution in [0.2, 0.25) is 0 Å². The summed E-state index contributed by atoms with van der Waals surface area (Å²) >= 11 is 0. The van der Waals surface area contributed by atoms with Crippen LogP contribution in [0.5, 0.6) is 0 Å². The molecule has 2 aromatic heterocycles. The number of hydrogen-bond donors (Lipinski definition) is 1. The number of rotatable bonds is 6. The third-order valence-electron chi connectivity index (χ3n) is 3.32. The summed E-state index contributed by atoms with van der Waals surface area (Å²) in [5, 5.41) is 21.3. The van der Waals surface area contributed by atoms with Crippen LogP contribution in [-0.2, 0) is 11.3 Å². The SMILES string of the molecule is Cc1cc(NC(=O)CCn2cnc(-c3cccc([N+](=O)[O-])c3)n2)no1. The van der Waals surface area contributed by atoms with Gasteiger partial charge in [-0.3, -0.25) is 19.6 Å². The van der Waals surface area contributed by atoms with Gasteiger partial charge in [0.2, 0.25) is 5.91 Å². The van der Waals surface area contributed by atoms with Crippen molar-refractivity contribution in [2.45, 2.75) is 19.9 Å². The largest absolute Gasteiger partial charge is 0.360 e. The summed E-state index contributed by atoms with van der Waals surface area (Å²) in [6, 6.07) is 7.68. The van der Waals surface area contributed by atoms with Gasteiger partial charge in [0.15, 0.2) is 11.6 Å². The molecule has 10 nitrogen and oxygen atoms in total. The number of anilines is 1. The van der Waals surface area contributed by atoms with Crippen LogP contribution in [0.3, 0.4) is 0 Å². The quantitative estimate of drug-likeness (QED) is 0.537. The minimum atomic E-state index is -0.476. The lowest BCUT2D eigenvalue weighted by Gasteiger charge is -2.01. The van der Waals surface area contributed by atoms with Crippen molar-refractivity contribution in [2.75, 3.05) is 5.32 Å². The summed E-state index contributed by atoms with van der Waals surface area (Å²) in [6.07, 6.45) is 1.64. The van der Waals surface area contributed by atoms with Gasteiger partial charge in [0, 0.05) is 30.2 Å². The molecule has 0 fully saturated rings. The van der Waals surface area contributed by atoms with E-state index < -0.39 is 4.92 Å². The number of amides is 1. The van der Waals surface area contributed by atoms with E-state index in [1.165, 1.54) is 23.1 Å². The number of carbonyl (C=O) groups excluding carboxylic acids is 1. The average molecular weight is 342 g/mol. The molecular formula is C15H14N6O4. The van der Waals surface area contributed by atoms with Gasteiger partial charge >= 0.3 is 0 Å². The molecule has 3 rings (SSSR count). The van der Waals surface area contributed by atoms with Crippen LogP contribution in [0.1, 0.15) is 12.2 Å². The van der Waals surface area contributed by atoms with Gasteiger partial charge < -0.3 is 9.84 Å². The first-order valence-electron chi connectivity index (χ1n) is 7.39. The molecule has 0 radical (unpaired) electrons. The van der Waals surface area contributed by atoms with E-state index in [2.05, 4.69) is 20.6 Å². The van der Waals surface area contributed by atoms with Gasteiger partial charge in [-0.2, -0.15) is 5.10 Å². The molecule has 0 aliphatic carbocycles. The fraction of sp³-hybridized carbons (Fsp3) is 0.200. The number of benzene rings is 1. The predicted molar refractivity (Wildman–Crippen MR) is 86.6 cm³/mol. The van der Waals surface area contributed by atoms with Gasteiger partial charge in [0.05, 0.1) is 11.5 Å². The Hall–Kier alpha value is -3.56. The van der Waals surface area contributed by atoms with E-state index >= 15 is 0 Å². The molecule has 2 heterocycles. The molecule has 0 atom stereocenters. The summed E-state index contributed by atoms with van der Waals surface area (Å²) in [5.74, 6) is 1.09. The third kappa shape index (κ3) is 4.05. The lowest BCUT2D eigenvalue weighted by molar-refractivity contribution is -0.384. The standard InChI is InChI=1S/C15H14N6O4/c1-10-7-13(19-25-10)17-14(22)5-6-20-9-16-15(18-20)11-3-2-4-12(8-11)21(23)24/h2-4,7-9H,5-6H2,1H3,(H,17,19,22). The summed E-state index contributed by atoms with van der Waals surface area (Å²) in [4.78, 5) is 26.3. The highest BCUT2D eigenvalue weighted by atomic mass is 16.6. The van der Waals surface area contributed by atoms with Crippen LogP contribution in [0, 0.1) is 17.0 Å². The number of nitro groups is 1. The fourth-order valence-corrected chi connectivity index (χ4v) is 2.14. The summed E-state index contributed by atoms with van der Waals surface area (Å²) in [5.41, 5.74) is 0.506. The zero-order chi connectivity index (χ0) is 17.8. The molecule has 0 unspecified atom stereocenters. The van der Waals surface area contributed by atoms with Crippen molar-refractivity contribution in [2.24, 2.45) is 0 Å². The molecule has 128 valence electrons. The topological polar surface area (TPSA) is 129 Å². The molecule has 0 saturated carbocycles. The Morgan fingerprint density at radius 2 is 2.24 bits per heavy atom. The molecule has 1 amide bonds. The molecule has 0 saturated heterocycles. The highest BCUT2D eigenvalue weighted by Crippen LogP contribution is 2.20. The Kier molecular flexibility index (Phi) is 4.50. The van der Waals surface area contributed by atoms with Crippen molar-refractivity contribution in [1.82, 2.24) is 19.9 Å². The monoisotopic (exact) mass is 342 g/mol. The smallest absolute Gasteiger partial charge is 0.270 e. The van der Waals surface area contributed by atoms with E-state index in [9.17, 15) is 14.9 Å². The normalized spacial score (nSPS) is 10.6. The summed E-state index contributed by atoms with van der Waals surface area (Å²) in [7, 11) is 0. The lowest BCUT2D eigenvalue weighted by Crippen LogP contribution is -2.14. The Balaban J connectivity index is 1.61. The zero-order valence-corrected chi connectivity index (χ0v) is 13.2. The molecule has 1 N–H and O–H groups in total. The second-order valence-electron chi connectivity index (χ2n) is 5.26. The maximum Gasteiger partial charge on any atom is 0.270 e.